The SMILES string of the molecule is O=C(NCCCN1CCOCC1)c1ccc2ccccc2c1O.O=S(=O)([O-])c1ccc2cc(O)c(O)cc2c1.[Na+]. The van der Waals surface area contributed by atoms with Gasteiger partial charge in [0.25, 0.3) is 5.91 Å². The molecule has 1 heterocycles. The van der Waals surface area contributed by atoms with Crippen LogP contribution in [0.1, 0.15) is 16.8 Å². The first-order valence-electron chi connectivity index (χ1n) is 12.3. The van der Waals surface area contributed by atoms with E-state index in [1.807, 2.05) is 30.3 Å². The molecular weight excluding hydrogens is 547 g/mol. The van der Waals surface area contributed by atoms with E-state index in [2.05, 4.69) is 10.2 Å². The maximum absolute atomic E-state index is 12.3. The Hall–Kier alpha value is -2.90. The number of hydrogen-bond acceptors (Lipinski definition) is 9. The fourth-order valence-corrected chi connectivity index (χ4v) is 4.78. The monoisotopic (exact) mass is 576 g/mol. The Morgan fingerprint density at radius 2 is 1.55 bits per heavy atom. The summed E-state index contributed by atoms with van der Waals surface area (Å²) in [6.45, 7) is 5.04. The van der Waals surface area contributed by atoms with Gasteiger partial charge < -0.3 is 29.9 Å². The Morgan fingerprint density at radius 1 is 0.900 bits per heavy atom. The van der Waals surface area contributed by atoms with E-state index < -0.39 is 10.1 Å². The Morgan fingerprint density at radius 3 is 2.25 bits per heavy atom. The predicted molar refractivity (Wildman–Crippen MR) is 145 cm³/mol. The van der Waals surface area contributed by atoms with Gasteiger partial charge in [-0.15, -0.1) is 0 Å². The van der Waals surface area contributed by atoms with Gasteiger partial charge >= 0.3 is 29.6 Å². The molecule has 4 aromatic rings. The molecular formula is C28H29N2NaO8S. The first kappa shape index (κ1) is 31.6. The van der Waals surface area contributed by atoms with Crippen LogP contribution in [0.2, 0.25) is 0 Å². The largest absolute Gasteiger partial charge is 1.00 e. The fourth-order valence-electron chi connectivity index (χ4n) is 4.27. The number of rotatable bonds is 6. The van der Waals surface area contributed by atoms with Gasteiger partial charge in [0.2, 0.25) is 0 Å². The predicted octanol–water partition coefficient (Wildman–Crippen LogP) is 0.157. The molecule has 1 saturated heterocycles. The van der Waals surface area contributed by atoms with Crippen LogP contribution in [0.3, 0.4) is 0 Å². The molecule has 0 unspecified atom stereocenters. The summed E-state index contributed by atoms with van der Waals surface area (Å²) >= 11 is 0. The average molecular weight is 577 g/mol. The molecule has 4 N–H and O–H groups in total. The van der Waals surface area contributed by atoms with Crippen molar-refractivity contribution in [3.63, 3.8) is 0 Å². The molecule has 0 aliphatic carbocycles. The number of amides is 1. The molecule has 0 radical (unpaired) electrons. The summed E-state index contributed by atoms with van der Waals surface area (Å²) in [5.74, 6) is -0.845. The summed E-state index contributed by atoms with van der Waals surface area (Å²) in [5, 5.41) is 34.2. The van der Waals surface area contributed by atoms with Crippen LogP contribution in [0.5, 0.6) is 17.2 Å². The molecule has 0 aromatic heterocycles. The number of phenols is 3. The number of carbonyl (C=O) groups excluding carboxylic acids is 1. The van der Waals surface area contributed by atoms with Crippen LogP contribution in [0.15, 0.2) is 71.6 Å². The number of fused-ring (bicyclic) bond motifs is 2. The summed E-state index contributed by atoms with van der Waals surface area (Å²) in [6.07, 6.45) is 0.889. The van der Waals surface area contributed by atoms with Crippen molar-refractivity contribution >= 4 is 37.6 Å². The second-order valence-electron chi connectivity index (χ2n) is 9.05. The van der Waals surface area contributed by atoms with Crippen LogP contribution in [-0.2, 0) is 14.9 Å². The Kier molecular flexibility index (Phi) is 11.2. The number of nitrogens with one attached hydrogen (secondary N) is 1. The number of aromatic hydroxyl groups is 3. The van der Waals surface area contributed by atoms with E-state index in [0.717, 1.165) is 56.8 Å². The second-order valence-corrected chi connectivity index (χ2v) is 10.4. The van der Waals surface area contributed by atoms with Crippen molar-refractivity contribution in [3.8, 4) is 17.2 Å². The number of nitrogens with zero attached hydrogens (tertiary/aromatic N) is 1. The first-order chi connectivity index (χ1) is 18.6. The van der Waals surface area contributed by atoms with E-state index in [9.17, 15) is 33.1 Å². The van der Waals surface area contributed by atoms with E-state index in [0.29, 0.717) is 28.3 Å². The minimum Gasteiger partial charge on any atom is -0.744 e. The Bertz CT molecular complexity index is 1590. The van der Waals surface area contributed by atoms with E-state index in [1.54, 1.807) is 6.07 Å². The van der Waals surface area contributed by atoms with Crippen molar-refractivity contribution < 1.29 is 67.4 Å². The third kappa shape index (κ3) is 8.07. The molecule has 4 aromatic carbocycles. The van der Waals surface area contributed by atoms with Crippen LogP contribution in [0.25, 0.3) is 21.5 Å². The van der Waals surface area contributed by atoms with Crippen molar-refractivity contribution in [2.75, 3.05) is 39.4 Å². The van der Waals surface area contributed by atoms with Crippen molar-refractivity contribution in [2.45, 2.75) is 11.3 Å². The van der Waals surface area contributed by atoms with E-state index in [4.69, 9.17) is 4.74 Å². The summed E-state index contributed by atoms with van der Waals surface area (Å²) in [5.41, 5.74) is 0.329. The van der Waals surface area contributed by atoms with Crippen LogP contribution < -0.4 is 34.9 Å². The maximum Gasteiger partial charge on any atom is 1.00 e. The van der Waals surface area contributed by atoms with Gasteiger partial charge in [-0.25, -0.2) is 8.42 Å². The summed E-state index contributed by atoms with van der Waals surface area (Å²) in [4.78, 5) is 14.2. The van der Waals surface area contributed by atoms with Gasteiger partial charge in [0, 0.05) is 25.0 Å². The minimum absolute atomic E-state index is 0. The van der Waals surface area contributed by atoms with E-state index >= 15 is 0 Å². The normalized spacial score (nSPS) is 13.7. The van der Waals surface area contributed by atoms with Crippen LogP contribution >= 0.6 is 0 Å². The molecule has 1 aliphatic heterocycles. The van der Waals surface area contributed by atoms with Crippen LogP contribution in [0, 0.1) is 0 Å². The number of benzene rings is 4. The third-order valence-corrected chi connectivity index (χ3v) is 7.21. The topological polar surface area (TPSA) is 159 Å². The average Bonchev–Trinajstić information content (AvgIpc) is 2.92. The second kappa shape index (κ2) is 14.1. The smallest absolute Gasteiger partial charge is 0.744 e. The molecule has 1 amide bonds. The molecule has 0 spiro atoms. The number of phenolic OH excluding ortho intramolecular Hbond substituents is 3. The zero-order valence-electron chi connectivity index (χ0n) is 22.0. The number of carbonyl (C=O) groups is 1. The molecule has 5 rings (SSSR count). The number of hydrogen-bond donors (Lipinski definition) is 4. The Labute approximate surface area is 254 Å². The van der Waals surface area contributed by atoms with Gasteiger partial charge in [0.1, 0.15) is 15.9 Å². The number of ether oxygens (including phenoxy) is 1. The van der Waals surface area contributed by atoms with Gasteiger partial charge in [0.15, 0.2) is 11.5 Å². The molecule has 0 bridgehead atoms. The van der Waals surface area contributed by atoms with Crippen LogP contribution in [-0.4, -0.2) is 78.5 Å². The molecule has 0 atom stereocenters. The van der Waals surface area contributed by atoms with Gasteiger partial charge in [-0.05, 0) is 59.5 Å². The van der Waals surface area contributed by atoms with Crippen LogP contribution in [0.4, 0.5) is 0 Å². The third-order valence-electron chi connectivity index (χ3n) is 6.38. The summed E-state index contributed by atoms with van der Waals surface area (Å²) in [7, 11) is -4.51. The number of morpholine rings is 1. The fraction of sp³-hybridized carbons (Fsp3) is 0.250. The van der Waals surface area contributed by atoms with E-state index in [1.165, 1.54) is 18.2 Å². The molecule has 1 fully saturated rings. The molecule has 12 heteroatoms. The summed E-state index contributed by atoms with van der Waals surface area (Å²) in [6, 6.07) is 17.2. The molecule has 10 nitrogen and oxygen atoms in total. The van der Waals surface area contributed by atoms with Gasteiger partial charge in [0.05, 0.1) is 23.7 Å². The molecule has 1 aliphatic rings. The standard InChI is InChI=1S/C18H22N2O3.C10H8O5S.Na/c21-17-15-5-2-1-4-14(15)6-7-16(17)18(22)19-8-3-9-20-10-12-23-13-11-20;11-9-4-6-1-2-8(16(13,14)15)3-7(6)5-10(9)12;/h1-2,4-7,21H,3,8-13H2,(H,19,22);1-5,11-12H,(H,13,14,15);/q;;+1/p-1. The van der Waals surface area contributed by atoms with Gasteiger partial charge in [-0.1, -0.05) is 36.4 Å². The van der Waals surface area contributed by atoms with Gasteiger partial charge in [-0.2, -0.15) is 0 Å². The zero-order valence-corrected chi connectivity index (χ0v) is 24.9. The van der Waals surface area contributed by atoms with Crippen molar-refractivity contribution in [1.29, 1.82) is 0 Å². The molecule has 0 saturated carbocycles. The van der Waals surface area contributed by atoms with Gasteiger partial charge in [-0.3, -0.25) is 9.69 Å². The zero-order chi connectivity index (χ0) is 28.0. The maximum atomic E-state index is 12.3. The van der Waals surface area contributed by atoms with Crippen molar-refractivity contribution in [1.82, 2.24) is 10.2 Å². The molecule has 40 heavy (non-hydrogen) atoms. The van der Waals surface area contributed by atoms with Crippen molar-refractivity contribution in [2.24, 2.45) is 0 Å². The minimum atomic E-state index is -4.51. The quantitative estimate of drug-likeness (QED) is 0.109. The van der Waals surface area contributed by atoms with E-state index in [-0.39, 0.29) is 57.6 Å². The van der Waals surface area contributed by atoms with Crippen molar-refractivity contribution in [3.05, 3.63) is 72.3 Å². The first-order valence-corrected chi connectivity index (χ1v) is 13.7. The summed E-state index contributed by atoms with van der Waals surface area (Å²) < 4.78 is 37.6. The Balaban J connectivity index is 0.000000229. The molecule has 206 valence electrons.